The number of amides is 3. The zero-order chi connectivity index (χ0) is 21.3. The first-order valence-electron chi connectivity index (χ1n) is 11.1. The summed E-state index contributed by atoms with van der Waals surface area (Å²) in [5.74, 6) is -0.0463. The van der Waals surface area contributed by atoms with Crippen LogP contribution in [0.25, 0.3) is 0 Å². The predicted molar refractivity (Wildman–Crippen MR) is 114 cm³/mol. The molecule has 3 amide bonds. The fraction of sp³-hybridized carbons (Fsp3) is 0.609. The summed E-state index contributed by atoms with van der Waals surface area (Å²) < 4.78 is 0. The van der Waals surface area contributed by atoms with Crippen LogP contribution >= 0.6 is 0 Å². The molecule has 0 aliphatic carbocycles. The van der Waals surface area contributed by atoms with Crippen LogP contribution in [0.5, 0.6) is 0 Å². The van der Waals surface area contributed by atoms with Gasteiger partial charge in [-0.05, 0) is 62.0 Å². The van der Waals surface area contributed by atoms with Gasteiger partial charge in [-0.15, -0.1) is 0 Å². The monoisotopic (exact) mass is 412 g/mol. The van der Waals surface area contributed by atoms with Gasteiger partial charge in [-0.2, -0.15) is 0 Å². The van der Waals surface area contributed by atoms with Crippen molar-refractivity contribution in [3.05, 3.63) is 34.9 Å². The molecule has 3 heterocycles. The van der Waals surface area contributed by atoms with Crippen molar-refractivity contribution in [2.45, 2.75) is 64.7 Å². The summed E-state index contributed by atoms with van der Waals surface area (Å²) >= 11 is 0. The molecule has 1 atom stereocenters. The molecule has 0 saturated carbocycles. The third-order valence-corrected chi connectivity index (χ3v) is 6.48. The zero-order valence-corrected chi connectivity index (χ0v) is 17.9. The lowest BCUT2D eigenvalue weighted by Crippen LogP contribution is -2.52. The van der Waals surface area contributed by atoms with E-state index in [2.05, 4.69) is 35.4 Å². The quantitative estimate of drug-likeness (QED) is 0.695. The highest BCUT2D eigenvalue weighted by molar-refractivity contribution is 6.05. The van der Waals surface area contributed by atoms with Crippen molar-refractivity contribution in [2.24, 2.45) is 5.92 Å². The predicted octanol–water partition coefficient (Wildman–Crippen LogP) is 1.66. The molecule has 162 valence electrons. The van der Waals surface area contributed by atoms with Crippen LogP contribution in [0.1, 0.15) is 61.0 Å². The third kappa shape index (κ3) is 4.42. The third-order valence-electron chi connectivity index (χ3n) is 6.48. The van der Waals surface area contributed by atoms with E-state index < -0.39 is 6.04 Å². The molecule has 4 rings (SSSR count). The molecular formula is C23H32N4O3. The molecule has 2 N–H and O–H groups in total. The molecule has 1 aromatic carbocycles. The molecule has 7 heteroatoms. The standard InChI is InChI=1S/C23H32N4O3/c1-15(2)12-24-17-8-10-26(11-9-17)13-16-4-3-5-18-19(16)14-27(23(18)30)20-6-7-21(28)25-22(20)29/h3-5,15,17,20,24H,6-14H2,1-2H3,(H,25,28,29). The molecule has 2 fully saturated rings. The van der Waals surface area contributed by atoms with Crippen LogP contribution in [0, 0.1) is 5.92 Å². The van der Waals surface area contributed by atoms with Crippen molar-refractivity contribution in [1.29, 1.82) is 0 Å². The largest absolute Gasteiger partial charge is 0.322 e. The van der Waals surface area contributed by atoms with Gasteiger partial charge < -0.3 is 10.2 Å². The second-order valence-corrected chi connectivity index (χ2v) is 9.20. The van der Waals surface area contributed by atoms with Crippen LogP contribution in [-0.2, 0) is 22.7 Å². The van der Waals surface area contributed by atoms with E-state index in [1.807, 2.05) is 12.1 Å². The van der Waals surface area contributed by atoms with Gasteiger partial charge >= 0.3 is 0 Å². The van der Waals surface area contributed by atoms with Crippen molar-refractivity contribution < 1.29 is 14.4 Å². The van der Waals surface area contributed by atoms with Crippen molar-refractivity contribution in [3.63, 3.8) is 0 Å². The number of rotatable bonds is 6. The summed E-state index contributed by atoms with van der Waals surface area (Å²) in [6.45, 7) is 8.90. The van der Waals surface area contributed by atoms with Gasteiger partial charge in [0.1, 0.15) is 6.04 Å². The van der Waals surface area contributed by atoms with Crippen LogP contribution in [-0.4, -0.2) is 59.2 Å². The number of carbonyl (C=O) groups excluding carboxylic acids is 3. The van der Waals surface area contributed by atoms with Crippen molar-refractivity contribution >= 4 is 17.7 Å². The van der Waals surface area contributed by atoms with Gasteiger partial charge in [0.25, 0.3) is 5.91 Å². The summed E-state index contributed by atoms with van der Waals surface area (Å²) in [6.07, 6.45) is 2.96. The van der Waals surface area contributed by atoms with E-state index in [4.69, 9.17) is 0 Å². The van der Waals surface area contributed by atoms with Crippen LogP contribution in [0.2, 0.25) is 0 Å². The number of hydrogen-bond donors (Lipinski definition) is 2. The number of imide groups is 1. The minimum absolute atomic E-state index is 0.0991. The van der Waals surface area contributed by atoms with E-state index in [0.717, 1.165) is 44.6 Å². The molecule has 1 unspecified atom stereocenters. The number of piperidine rings is 2. The molecule has 3 aliphatic heterocycles. The maximum atomic E-state index is 13.0. The lowest BCUT2D eigenvalue weighted by Gasteiger charge is -2.33. The SMILES string of the molecule is CC(C)CNC1CCN(Cc2cccc3c2CN(C2CCC(=O)NC2=O)C3=O)CC1. The fourth-order valence-corrected chi connectivity index (χ4v) is 4.74. The number of nitrogens with one attached hydrogen (secondary N) is 2. The van der Waals surface area contributed by atoms with Crippen LogP contribution < -0.4 is 10.6 Å². The van der Waals surface area contributed by atoms with E-state index >= 15 is 0 Å². The maximum absolute atomic E-state index is 13.0. The maximum Gasteiger partial charge on any atom is 0.255 e. The summed E-state index contributed by atoms with van der Waals surface area (Å²) in [5.41, 5.74) is 2.90. The Bertz CT molecular complexity index is 830. The number of likely N-dealkylation sites (tertiary alicyclic amines) is 1. The minimum atomic E-state index is -0.557. The summed E-state index contributed by atoms with van der Waals surface area (Å²) in [4.78, 5) is 40.8. The Morgan fingerprint density at radius 2 is 1.90 bits per heavy atom. The van der Waals surface area contributed by atoms with Crippen LogP contribution in [0.3, 0.4) is 0 Å². The Morgan fingerprint density at radius 3 is 2.60 bits per heavy atom. The molecule has 0 radical (unpaired) electrons. The molecule has 30 heavy (non-hydrogen) atoms. The van der Waals surface area contributed by atoms with E-state index in [1.54, 1.807) is 4.90 Å². The Labute approximate surface area is 178 Å². The normalized spacial score (nSPS) is 23.2. The van der Waals surface area contributed by atoms with Gasteiger partial charge in [0.2, 0.25) is 11.8 Å². The average Bonchev–Trinajstić information content (AvgIpc) is 3.05. The zero-order valence-electron chi connectivity index (χ0n) is 17.9. The van der Waals surface area contributed by atoms with Crippen LogP contribution in [0.4, 0.5) is 0 Å². The van der Waals surface area contributed by atoms with E-state index in [1.165, 1.54) is 5.56 Å². The first kappa shape index (κ1) is 21.0. The second-order valence-electron chi connectivity index (χ2n) is 9.20. The highest BCUT2D eigenvalue weighted by atomic mass is 16.2. The van der Waals surface area contributed by atoms with E-state index in [9.17, 15) is 14.4 Å². The Kier molecular flexibility index (Phi) is 6.20. The lowest BCUT2D eigenvalue weighted by molar-refractivity contribution is -0.136. The number of nitrogens with zero attached hydrogens (tertiary/aromatic N) is 2. The average molecular weight is 413 g/mol. The topological polar surface area (TPSA) is 81.8 Å². The number of benzene rings is 1. The highest BCUT2D eigenvalue weighted by Gasteiger charge is 2.39. The number of carbonyl (C=O) groups is 3. The summed E-state index contributed by atoms with van der Waals surface area (Å²) in [7, 11) is 0. The molecule has 1 aromatic rings. The number of hydrogen-bond acceptors (Lipinski definition) is 5. The minimum Gasteiger partial charge on any atom is -0.322 e. The molecule has 7 nitrogen and oxygen atoms in total. The van der Waals surface area contributed by atoms with Gasteiger partial charge in [-0.25, -0.2) is 0 Å². The Balaban J connectivity index is 1.40. The lowest BCUT2D eigenvalue weighted by atomic mass is 10.00. The number of fused-ring (bicyclic) bond motifs is 1. The fourth-order valence-electron chi connectivity index (χ4n) is 4.74. The Hall–Kier alpha value is -2.25. The van der Waals surface area contributed by atoms with Crippen LogP contribution in [0.15, 0.2) is 18.2 Å². The molecule has 3 aliphatic rings. The first-order chi connectivity index (χ1) is 14.4. The molecular weight excluding hydrogens is 380 g/mol. The first-order valence-corrected chi connectivity index (χ1v) is 11.1. The smallest absolute Gasteiger partial charge is 0.255 e. The highest BCUT2D eigenvalue weighted by Crippen LogP contribution is 2.30. The van der Waals surface area contributed by atoms with Crippen molar-refractivity contribution in [1.82, 2.24) is 20.4 Å². The van der Waals surface area contributed by atoms with E-state index in [-0.39, 0.29) is 24.1 Å². The van der Waals surface area contributed by atoms with Gasteiger partial charge in [-0.3, -0.25) is 24.6 Å². The van der Waals surface area contributed by atoms with Crippen molar-refractivity contribution in [2.75, 3.05) is 19.6 Å². The molecule has 0 bridgehead atoms. The summed E-state index contributed by atoms with van der Waals surface area (Å²) in [5, 5.41) is 6.03. The summed E-state index contributed by atoms with van der Waals surface area (Å²) in [6, 6.07) is 5.93. The Morgan fingerprint density at radius 1 is 1.13 bits per heavy atom. The second kappa shape index (κ2) is 8.86. The van der Waals surface area contributed by atoms with Crippen molar-refractivity contribution in [3.8, 4) is 0 Å². The molecule has 0 spiro atoms. The molecule has 0 aromatic heterocycles. The van der Waals surface area contributed by atoms with Gasteiger partial charge in [0, 0.05) is 31.1 Å². The molecule has 2 saturated heterocycles. The van der Waals surface area contributed by atoms with Gasteiger partial charge in [-0.1, -0.05) is 26.0 Å². The van der Waals surface area contributed by atoms with Gasteiger partial charge in [0.15, 0.2) is 0 Å². The van der Waals surface area contributed by atoms with E-state index in [0.29, 0.717) is 30.5 Å². The van der Waals surface area contributed by atoms with Gasteiger partial charge in [0.05, 0.1) is 0 Å².